The zero-order chi connectivity index (χ0) is 21.3. The van der Waals surface area contributed by atoms with Gasteiger partial charge in [0.2, 0.25) is 5.91 Å². The van der Waals surface area contributed by atoms with E-state index in [2.05, 4.69) is 24.5 Å². The predicted molar refractivity (Wildman–Crippen MR) is 121 cm³/mol. The van der Waals surface area contributed by atoms with E-state index in [4.69, 9.17) is 16.3 Å². The fourth-order valence-corrected chi connectivity index (χ4v) is 3.55. The van der Waals surface area contributed by atoms with Gasteiger partial charge in [-0.2, -0.15) is 0 Å². The van der Waals surface area contributed by atoms with Gasteiger partial charge in [0, 0.05) is 29.5 Å². The number of carbonyl (C=O) groups excluding carboxylic acids is 1. The molecular formula is C25H29ClN2O2. The quantitative estimate of drug-likeness (QED) is 0.428. The zero-order valence-electron chi connectivity index (χ0n) is 17.6. The fraction of sp³-hybridized carbons (Fsp3) is 0.320. The van der Waals surface area contributed by atoms with Gasteiger partial charge >= 0.3 is 0 Å². The number of aromatic nitrogens is 1. The number of halogens is 1. The molecule has 1 amide bonds. The smallest absolute Gasteiger partial charge is 0.249 e. The Hall–Kier alpha value is -2.56. The SMILES string of the molecule is CC[C@H](C)N(Cc1cccn1Cc1ccccc1Cl)C(=O)COCc1ccccc1. The molecule has 3 rings (SSSR count). The Morgan fingerprint density at radius 2 is 1.80 bits per heavy atom. The van der Waals surface area contributed by atoms with Crippen LogP contribution in [0.2, 0.25) is 5.02 Å². The van der Waals surface area contributed by atoms with Gasteiger partial charge in [0.1, 0.15) is 6.61 Å². The molecule has 1 aromatic heterocycles. The highest BCUT2D eigenvalue weighted by Gasteiger charge is 2.21. The normalized spacial score (nSPS) is 12.0. The van der Waals surface area contributed by atoms with E-state index in [1.165, 1.54) is 0 Å². The van der Waals surface area contributed by atoms with Crippen molar-refractivity contribution in [1.29, 1.82) is 0 Å². The fourth-order valence-electron chi connectivity index (χ4n) is 3.36. The first-order valence-electron chi connectivity index (χ1n) is 10.4. The van der Waals surface area contributed by atoms with Gasteiger partial charge in [-0.05, 0) is 42.7 Å². The summed E-state index contributed by atoms with van der Waals surface area (Å²) in [7, 11) is 0. The molecule has 0 bridgehead atoms. The van der Waals surface area contributed by atoms with E-state index in [1.54, 1.807) is 0 Å². The largest absolute Gasteiger partial charge is 0.367 e. The van der Waals surface area contributed by atoms with Crippen LogP contribution in [0.4, 0.5) is 0 Å². The van der Waals surface area contributed by atoms with Gasteiger partial charge in [-0.25, -0.2) is 0 Å². The number of ether oxygens (including phenoxy) is 1. The van der Waals surface area contributed by atoms with Crippen LogP contribution in [0.15, 0.2) is 72.9 Å². The van der Waals surface area contributed by atoms with Crippen molar-refractivity contribution in [2.75, 3.05) is 6.61 Å². The minimum absolute atomic E-state index is 0.00535. The van der Waals surface area contributed by atoms with Crippen molar-refractivity contribution in [1.82, 2.24) is 9.47 Å². The van der Waals surface area contributed by atoms with Gasteiger partial charge in [-0.3, -0.25) is 4.79 Å². The summed E-state index contributed by atoms with van der Waals surface area (Å²) in [5, 5.41) is 0.751. The summed E-state index contributed by atoms with van der Waals surface area (Å²) in [6, 6.07) is 22.0. The predicted octanol–water partition coefficient (Wildman–Crippen LogP) is 5.53. The Bertz CT molecular complexity index is 939. The van der Waals surface area contributed by atoms with Crippen LogP contribution in [0.3, 0.4) is 0 Å². The van der Waals surface area contributed by atoms with Crippen LogP contribution in [-0.2, 0) is 29.2 Å². The Kier molecular flexibility index (Phi) is 8.12. The van der Waals surface area contributed by atoms with E-state index in [0.29, 0.717) is 19.7 Å². The molecule has 0 spiro atoms. The van der Waals surface area contributed by atoms with Crippen molar-refractivity contribution in [2.45, 2.75) is 46.0 Å². The molecule has 0 unspecified atom stereocenters. The Balaban J connectivity index is 1.66. The molecule has 30 heavy (non-hydrogen) atoms. The highest BCUT2D eigenvalue weighted by atomic mass is 35.5. The number of nitrogens with zero attached hydrogens (tertiary/aromatic N) is 2. The maximum absolute atomic E-state index is 13.0. The summed E-state index contributed by atoms with van der Waals surface area (Å²) >= 11 is 6.34. The topological polar surface area (TPSA) is 34.5 Å². The third-order valence-corrected chi connectivity index (χ3v) is 5.70. The molecule has 1 heterocycles. The first-order chi connectivity index (χ1) is 14.6. The third-order valence-electron chi connectivity index (χ3n) is 5.33. The van der Waals surface area contributed by atoms with Crippen LogP contribution in [0.1, 0.15) is 37.1 Å². The van der Waals surface area contributed by atoms with E-state index in [-0.39, 0.29) is 18.6 Å². The molecule has 5 heteroatoms. The van der Waals surface area contributed by atoms with E-state index in [9.17, 15) is 4.79 Å². The maximum atomic E-state index is 13.0. The molecule has 0 aliphatic carbocycles. The average molecular weight is 425 g/mol. The Morgan fingerprint density at radius 3 is 2.53 bits per heavy atom. The lowest BCUT2D eigenvalue weighted by atomic mass is 10.2. The van der Waals surface area contributed by atoms with Crippen LogP contribution in [0, 0.1) is 0 Å². The molecule has 0 aliphatic heterocycles. The van der Waals surface area contributed by atoms with Gasteiger partial charge in [0.05, 0.1) is 13.2 Å². The Labute approximate surface area is 184 Å². The number of rotatable bonds is 10. The summed E-state index contributed by atoms with van der Waals surface area (Å²) in [4.78, 5) is 14.9. The second kappa shape index (κ2) is 11.0. The minimum Gasteiger partial charge on any atom is -0.367 e. The molecular weight excluding hydrogens is 396 g/mol. The minimum atomic E-state index is 0.00535. The number of hydrogen-bond acceptors (Lipinski definition) is 2. The standard InChI is InChI=1S/C25H29ClN2O2/c1-3-20(2)28(25(29)19-30-18-21-10-5-4-6-11-21)17-23-13-9-15-27(23)16-22-12-7-8-14-24(22)26/h4-15,20H,3,16-19H2,1-2H3/t20-/m0/s1. The summed E-state index contributed by atoms with van der Waals surface area (Å²) in [6.45, 7) is 5.90. The van der Waals surface area contributed by atoms with E-state index in [1.807, 2.05) is 71.8 Å². The highest BCUT2D eigenvalue weighted by Crippen LogP contribution is 2.19. The van der Waals surface area contributed by atoms with Crippen molar-refractivity contribution in [3.63, 3.8) is 0 Å². The van der Waals surface area contributed by atoms with Crippen molar-refractivity contribution in [3.8, 4) is 0 Å². The first-order valence-corrected chi connectivity index (χ1v) is 10.7. The van der Waals surface area contributed by atoms with Crippen LogP contribution < -0.4 is 0 Å². The highest BCUT2D eigenvalue weighted by molar-refractivity contribution is 6.31. The van der Waals surface area contributed by atoms with Crippen LogP contribution in [-0.4, -0.2) is 28.0 Å². The summed E-state index contributed by atoms with van der Waals surface area (Å²) in [5.41, 5.74) is 3.20. The van der Waals surface area contributed by atoms with Crippen molar-refractivity contribution in [3.05, 3.63) is 94.8 Å². The van der Waals surface area contributed by atoms with E-state index in [0.717, 1.165) is 28.3 Å². The van der Waals surface area contributed by atoms with E-state index < -0.39 is 0 Å². The second-order valence-electron chi connectivity index (χ2n) is 7.48. The van der Waals surface area contributed by atoms with Crippen molar-refractivity contribution < 1.29 is 9.53 Å². The summed E-state index contributed by atoms with van der Waals surface area (Å²) < 4.78 is 7.85. The lowest BCUT2D eigenvalue weighted by Crippen LogP contribution is -2.40. The zero-order valence-corrected chi connectivity index (χ0v) is 18.4. The van der Waals surface area contributed by atoms with Gasteiger partial charge in [0.25, 0.3) is 0 Å². The van der Waals surface area contributed by atoms with Gasteiger partial charge < -0.3 is 14.2 Å². The lowest BCUT2D eigenvalue weighted by molar-refractivity contribution is -0.139. The molecule has 2 aromatic carbocycles. The lowest BCUT2D eigenvalue weighted by Gasteiger charge is -2.29. The van der Waals surface area contributed by atoms with Crippen molar-refractivity contribution in [2.24, 2.45) is 0 Å². The number of carbonyl (C=O) groups is 1. The molecule has 0 saturated carbocycles. The summed E-state index contributed by atoms with van der Waals surface area (Å²) in [5.74, 6) is 0.00535. The Morgan fingerprint density at radius 1 is 1.07 bits per heavy atom. The molecule has 3 aromatic rings. The van der Waals surface area contributed by atoms with Gasteiger partial charge in [-0.15, -0.1) is 0 Å². The third kappa shape index (κ3) is 5.97. The van der Waals surface area contributed by atoms with E-state index >= 15 is 0 Å². The second-order valence-corrected chi connectivity index (χ2v) is 7.88. The van der Waals surface area contributed by atoms with Gasteiger partial charge in [-0.1, -0.05) is 67.1 Å². The number of hydrogen-bond donors (Lipinski definition) is 0. The van der Waals surface area contributed by atoms with Gasteiger partial charge in [0.15, 0.2) is 0 Å². The summed E-state index contributed by atoms with van der Waals surface area (Å²) in [6.07, 6.45) is 2.92. The molecule has 0 radical (unpaired) electrons. The number of amides is 1. The molecule has 0 saturated heterocycles. The molecule has 0 aliphatic rings. The molecule has 1 atom stereocenters. The van der Waals surface area contributed by atoms with Crippen LogP contribution in [0.25, 0.3) is 0 Å². The molecule has 4 nitrogen and oxygen atoms in total. The average Bonchev–Trinajstić information content (AvgIpc) is 3.20. The molecule has 0 N–H and O–H groups in total. The monoisotopic (exact) mass is 424 g/mol. The molecule has 0 fully saturated rings. The number of benzene rings is 2. The van der Waals surface area contributed by atoms with Crippen LogP contribution >= 0.6 is 11.6 Å². The first kappa shape index (κ1) is 22.1. The maximum Gasteiger partial charge on any atom is 0.249 e. The van der Waals surface area contributed by atoms with Crippen LogP contribution in [0.5, 0.6) is 0 Å². The molecule has 158 valence electrons. The van der Waals surface area contributed by atoms with Crippen molar-refractivity contribution >= 4 is 17.5 Å².